The number of aryl methyl sites for hydroxylation is 1. The molecule has 1 heterocycles. The van der Waals surface area contributed by atoms with E-state index in [1.54, 1.807) is 30.3 Å². The van der Waals surface area contributed by atoms with Gasteiger partial charge in [-0.1, -0.05) is 35.8 Å². The third-order valence-electron chi connectivity index (χ3n) is 2.96. The lowest BCUT2D eigenvalue weighted by atomic mass is 10.2. The minimum absolute atomic E-state index is 0.161. The fraction of sp³-hybridized carbons (Fsp3) is 0.267. The maximum atomic E-state index is 11.9. The highest BCUT2D eigenvalue weighted by atomic mass is 35.5. The van der Waals surface area contributed by atoms with Gasteiger partial charge in [0.1, 0.15) is 0 Å². The minimum atomic E-state index is -0.362. The molecule has 0 aliphatic heterocycles. The Morgan fingerprint density at radius 2 is 1.86 bits per heavy atom. The molecule has 2 N–H and O–H groups in total. The van der Waals surface area contributed by atoms with Crippen molar-refractivity contribution in [2.24, 2.45) is 0 Å². The minimum Gasteiger partial charge on any atom is -0.351 e. The van der Waals surface area contributed by atoms with E-state index in [-0.39, 0.29) is 30.7 Å². The molecular formula is C15H16ClN3O3. The van der Waals surface area contributed by atoms with E-state index >= 15 is 0 Å². The quantitative estimate of drug-likeness (QED) is 0.797. The summed E-state index contributed by atoms with van der Waals surface area (Å²) in [6, 6.07) is 8.36. The molecule has 2 amide bonds. The van der Waals surface area contributed by atoms with Gasteiger partial charge in [-0.15, -0.1) is 0 Å². The van der Waals surface area contributed by atoms with E-state index in [0.717, 1.165) is 5.69 Å². The van der Waals surface area contributed by atoms with Crippen molar-refractivity contribution in [2.75, 3.05) is 13.1 Å². The predicted molar refractivity (Wildman–Crippen MR) is 82.0 cm³/mol. The number of nitrogens with one attached hydrogen (secondary N) is 2. The predicted octanol–water partition coefficient (Wildman–Crippen LogP) is 2.05. The molecule has 6 nitrogen and oxygen atoms in total. The summed E-state index contributed by atoms with van der Waals surface area (Å²) in [5.74, 6) is -0.485. The molecule has 1 aromatic carbocycles. The van der Waals surface area contributed by atoms with Crippen molar-refractivity contribution in [3.8, 4) is 0 Å². The van der Waals surface area contributed by atoms with Gasteiger partial charge in [0.25, 0.3) is 11.8 Å². The van der Waals surface area contributed by atoms with Crippen molar-refractivity contribution in [2.45, 2.75) is 13.3 Å². The van der Waals surface area contributed by atoms with Gasteiger partial charge in [0, 0.05) is 19.2 Å². The van der Waals surface area contributed by atoms with Gasteiger partial charge in [0.2, 0.25) is 5.76 Å². The zero-order valence-corrected chi connectivity index (χ0v) is 12.8. The van der Waals surface area contributed by atoms with Crippen LogP contribution in [-0.2, 0) is 6.42 Å². The number of hydrogen-bond donors (Lipinski definition) is 2. The Morgan fingerprint density at radius 1 is 1.18 bits per heavy atom. The van der Waals surface area contributed by atoms with E-state index in [0.29, 0.717) is 17.0 Å². The van der Waals surface area contributed by atoms with Crippen LogP contribution < -0.4 is 10.6 Å². The van der Waals surface area contributed by atoms with Crippen LogP contribution in [-0.4, -0.2) is 30.1 Å². The van der Waals surface area contributed by atoms with Crippen LogP contribution in [0.2, 0.25) is 5.02 Å². The largest absolute Gasteiger partial charge is 0.351 e. The van der Waals surface area contributed by atoms with Crippen LogP contribution in [0, 0.1) is 0 Å². The smallest absolute Gasteiger partial charge is 0.289 e. The lowest BCUT2D eigenvalue weighted by Gasteiger charge is -2.07. The Labute approximate surface area is 132 Å². The van der Waals surface area contributed by atoms with Gasteiger partial charge in [0.05, 0.1) is 16.3 Å². The third kappa shape index (κ3) is 4.08. The van der Waals surface area contributed by atoms with Crippen molar-refractivity contribution < 1.29 is 14.1 Å². The lowest BCUT2D eigenvalue weighted by Crippen LogP contribution is -2.34. The molecule has 116 valence electrons. The molecule has 0 unspecified atom stereocenters. The van der Waals surface area contributed by atoms with Crippen LogP contribution in [0.25, 0.3) is 0 Å². The summed E-state index contributed by atoms with van der Waals surface area (Å²) in [6.07, 6.45) is 0.699. The third-order valence-corrected chi connectivity index (χ3v) is 3.29. The molecule has 1 aromatic heterocycles. The summed E-state index contributed by atoms with van der Waals surface area (Å²) in [6.45, 7) is 2.48. The Morgan fingerprint density at radius 3 is 2.50 bits per heavy atom. The zero-order valence-electron chi connectivity index (χ0n) is 12.1. The second-order valence-electron chi connectivity index (χ2n) is 4.53. The highest BCUT2D eigenvalue weighted by Crippen LogP contribution is 2.14. The van der Waals surface area contributed by atoms with E-state index in [2.05, 4.69) is 15.8 Å². The van der Waals surface area contributed by atoms with Gasteiger partial charge in [-0.05, 0) is 18.6 Å². The molecule has 0 radical (unpaired) electrons. The molecule has 0 spiro atoms. The molecule has 22 heavy (non-hydrogen) atoms. The Kier molecular flexibility index (Phi) is 5.55. The molecule has 0 aliphatic rings. The van der Waals surface area contributed by atoms with Crippen LogP contribution in [0.5, 0.6) is 0 Å². The number of carbonyl (C=O) groups excluding carboxylic acids is 2. The summed E-state index contributed by atoms with van der Waals surface area (Å²) in [7, 11) is 0. The van der Waals surface area contributed by atoms with Crippen molar-refractivity contribution in [3.63, 3.8) is 0 Å². The molecule has 0 saturated carbocycles. The average Bonchev–Trinajstić information content (AvgIpc) is 3.00. The molecule has 0 aliphatic carbocycles. The van der Waals surface area contributed by atoms with Gasteiger partial charge in [-0.2, -0.15) is 0 Å². The number of aromatic nitrogens is 1. The molecule has 0 atom stereocenters. The Balaban J connectivity index is 1.76. The molecule has 0 saturated heterocycles. The molecule has 7 heteroatoms. The molecular weight excluding hydrogens is 306 g/mol. The first kappa shape index (κ1) is 16.0. The van der Waals surface area contributed by atoms with Crippen LogP contribution in [0.3, 0.4) is 0 Å². The fourth-order valence-corrected chi connectivity index (χ4v) is 1.99. The van der Waals surface area contributed by atoms with Crippen molar-refractivity contribution in [1.29, 1.82) is 0 Å². The zero-order chi connectivity index (χ0) is 15.9. The summed E-state index contributed by atoms with van der Waals surface area (Å²) in [5, 5.41) is 9.44. The first-order valence-electron chi connectivity index (χ1n) is 6.88. The standard InChI is InChI=1S/C15H16ClN3O3/c1-2-10-9-13(22-19-10)15(21)18-8-7-17-14(20)11-5-3-4-6-12(11)16/h3-6,9H,2,7-8H2,1H3,(H,17,20)(H,18,21). The van der Waals surface area contributed by atoms with Crippen molar-refractivity contribution >= 4 is 23.4 Å². The number of amides is 2. The van der Waals surface area contributed by atoms with E-state index in [4.69, 9.17) is 16.1 Å². The average molecular weight is 322 g/mol. The van der Waals surface area contributed by atoms with Gasteiger partial charge in [0.15, 0.2) is 0 Å². The van der Waals surface area contributed by atoms with E-state index in [1.165, 1.54) is 0 Å². The molecule has 2 rings (SSSR count). The SMILES string of the molecule is CCc1cc(C(=O)NCCNC(=O)c2ccccc2Cl)on1. The Bertz CT molecular complexity index is 670. The summed E-state index contributed by atoms with van der Waals surface area (Å²) < 4.78 is 4.91. The number of nitrogens with zero attached hydrogens (tertiary/aromatic N) is 1. The highest BCUT2D eigenvalue weighted by molar-refractivity contribution is 6.33. The lowest BCUT2D eigenvalue weighted by molar-refractivity contribution is 0.0903. The normalized spacial score (nSPS) is 10.3. The summed E-state index contributed by atoms with van der Waals surface area (Å²) in [4.78, 5) is 23.6. The number of hydrogen-bond acceptors (Lipinski definition) is 4. The van der Waals surface area contributed by atoms with Crippen LogP contribution in [0.1, 0.15) is 33.5 Å². The molecule has 0 fully saturated rings. The topological polar surface area (TPSA) is 84.2 Å². The van der Waals surface area contributed by atoms with Crippen LogP contribution in [0.15, 0.2) is 34.9 Å². The molecule has 2 aromatic rings. The first-order chi connectivity index (χ1) is 10.6. The monoisotopic (exact) mass is 321 g/mol. The molecule has 0 bridgehead atoms. The van der Waals surface area contributed by atoms with Crippen molar-refractivity contribution in [1.82, 2.24) is 15.8 Å². The second kappa shape index (κ2) is 7.61. The number of benzene rings is 1. The van der Waals surface area contributed by atoms with Gasteiger partial charge in [-0.3, -0.25) is 9.59 Å². The van der Waals surface area contributed by atoms with E-state index < -0.39 is 0 Å². The summed E-state index contributed by atoms with van der Waals surface area (Å²) in [5.41, 5.74) is 1.12. The number of rotatable bonds is 6. The highest BCUT2D eigenvalue weighted by Gasteiger charge is 2.12. The number of halogens is 1. The van der Waals surface area contributed by atoms with Crippen molar-refractivity contribution in [3.05, 3.63) is 52.4 Å². The second-order valence-corrected chi connectivity index (χ2v) is 4.93. The Hall–Kier alpha value is -2.34. The number of carbonyl (C=O) groups is 2. The maximum absolute atomic E-state index is 11.9. The first-order valence-corrected chi connectivity index (χ1v) is 7.26. The van der Waals surface area contributed by atoms with Gasteiger partial charge < -0.3 is 15.2 Å². The summed E-state index contributed by atoms with van der Waals surface area (Å²) >= 11 is 5.93. The van der Waals surface area contributed by atoms with Crippen LogP contribution >= 0.6 is 11.6 Å². The van der Waals surface area contributed by atoms with Crippen LogP contribution in [0.4, 0.5) is 0 Å². The van der Waals surface area contributed by atoms with Gasteiger partial charge >= 0.3 is 0 Å². The van der Waals surface area contributed by atoms with E-state index in [9.17, 15) is 9.59 Å². The van der Waals surface area contributed by atoms with Gasteiger partial charge in [-0.25, -0.2) is 0 Å². The maximum Gasteiger partial charge on any atom is 0.289 e. The fourth-order valence-electron chi connectivity index (χ4n) is 1.77. The van der Waals surface area contributed by atoms with E-state index in [1.807, 2.05) is 6.92 Å².